The van der Waals surface area contributed by atoms with Gasteiger partial charge in [-0.2, -0.15) is 4.80 Å². The number of hydrogen-bond acceptors (Lipinski definition) is 5. The predicted molar refractivity (Wildman–Crippen MR) is 84.8 cm³/mol. The average molecular weight is 356 g/mol. The van der Waals surface area contributed by atoms with Gasteiger partial charge in [-0.15, -0.1) is 22.0 Å². The standard InChI is InChI=1S/C13H18BrN5S/c1-3-15-11(8-13-16-18-19(2)17-13)9-20-12-6-4-5-10(14)7-12/h4-7,11,15H,3,8-9H2,1-2H3. The molecular formula is C13H18BrN5S. The number of rotatable bonds is 7. The summed E-state index contributed by atoms with van der Waals surface area (Å²) in [5, 5.41) is 15.6. The Kier molecular flexibility index (Phi) is 6.00. The van der Waals surface area contributed by atoms with Crippen LogP contribution in [0.1, 0.15) is 12.7 Å². The van der Waals surface area contributed by atoms with Crippen molar-refractivity contribution in [3.8, 4) is 0 Å². The first-order chi connectivity index (χ1) is 9.67. The van der Waals surface area contributed by atoms with Gasteiger partial charge in [0.15, 0.2) is 5.82 Å². The van der Waals surface area contributed by atoms with Crippen LogP contribution in [0.3, 0.4) is 0 Å². The molecule has 108 valence electrons. The highest BCUT2D eigenvalue weighted by molar-refractivity contribution is 9.10. The summed E-state index contributed by atoms with van der Waals surface area (Å²) in [5.74, 6) is 1.76. The molecule has 1 aromatic carbocycles. The Morgan fingerprint density at radius 3 is 2.95 bits per heavy atom. The minimum absolute atomic E-state index is 0.341. The number of thioether (sulfide) groups is 1. The number of hydrogen-bond donors (Lipinski definition) is 1. The molecule has 20 heavy (non-hydrogen) atoms. The molecule has 1 N–H and O–H groups in total. The topological polar surface area (TPSA) is 55.6 Å². The molecule has 0 saturated heterocycles. The minimum atomic E-state index is 0.341. The van der Waals surface area contributed by atoms with Crippen molar-refractivity contribution in [3.05, 3.63) is 34.6 Å². The van der Waals surface area contributed by atoms with Crippen molar-refractivity contribution in [2.45, 2.75) is 24.3 Å². The molecule has 1 atom stereocenters. The summed E-state index contributed by atoms with van der Waals surface area (Å²) in [4.78, 5) is 2.76. The van der Waals surface area contributed by atoms with Gasteiger partial charge < -0.3 is 5.32 Å². The summed E-state index contributed by atoms with van der Waals surface area (Å²) < 4.78 is 1.11. The van der Waals surface area contributed by atoms with Crippen LogP contribution in [0, 0.1) is 0 Å². The van der Waals surface area contributed by atoms with Gasteiger partial charge in [0.2, 0.25) is 0 Å². The van der Waals surface area contributed by atoms with Crippen molar-refractivity contribution in [3.63, 3.8) is 0 Å². The number of aryl methyl sites for hydroxylation is 1. The summed E-state index contributed by atoms with van der Waals surface area (Å²) in [6, 6.07) is 8.69. The second-order valence-electron chi connectivity index (χ2n) is 4.42. The maximum absolute atomic E-state index is 4.24. The molecule has 0 amide bonds. The van der Waals surface area contributed by atoms with Crippen LogP contribution in [0.4, 0.5) is 0 Å². The van der Waals surface area contributed by atoms with Crippen LogP contribution >= 0.6 is 27.7 Å². The molecule has 0 aliphatic rings. The molecule has 0 spiro atoms. The second kappa shape index (κ2) is 7.75. The number of tetrazole rings is 1. The fourth-order valence-electron chi connectivity index (χ4n) is 1.86. The molecule has 0 radical (unpaired) electrons. The summed E-state index contributed by atoms with van der Waals surface area (Å²) in [7, 11) is 1.79. The van der Waals surface area contributed by atoms with Gasteiger partial charge in [0.1, 0.15) is 0 Å². The Bertz CT molecular complexity index is 545. The highest BCUT2D eigenvalue weighted by Crippen LogP contribution is 2.22. The van der Waals surface area contributed by atoms with E-state index in [-0.39, 0.29) is 0 Å². The zero-order valence-electron chi connectivity index (χ0n) is 11.6. The molecule has 1 aromatic heterocycles. The lowest BCUT2D eigenvalue weighted by atomic mass is 10.2. The second-order valence-corrected chi connectivity index (χ2v) is 6.43. The van der Waals surface area contributed by atoms with E-state index in [1.165, 1.54) is 9.69 Å². The lowest BCUT2D eigenvalue weighted by Gasteiger charge is -2.15. The Hall–Kier alpha value is -0.920. The molecule has 2 rings (SSSR count). The number of likely N-dealkylation sites (N-methyl/N-ethyl adjacent to an activating group) is 1. The summed E-state index contributed by atoms with van der Waals surface area (Å²) in [5.41, 5.74) is 0. The van der Waals surface area contributed by atoms with E-state index in [9.17, 15) is 0 Å². The van der Waals surface area contributed by atoms with Crippen molar-refractivity contribution in [2.75, 3.05) is 12.3 Å². The van der Waals surface area contributed by atoms with Crippen molar-refractivity contribution < 1.29 is 0 Å². The maximum Gasteiger partial charge on any atom is 0.176 e. The van der Waals surface area contributed by atoms with Crippen molar-refractivity contribution >= 4 is 27.7 Å². The Labute approximate surface area is 131 Å². The molecule has 0 saturated carbocycles. The molecule has 1 heterocycles. The van der Waals surface area contributed by atoms with E-state index in [1.807, 2.05) is 17.8 Å². The zero-order valence-corrected chi connectivity index (χ0v) is 14.0. The van der Waals surface area contributed by atoms with Crippen LogP contribution in [0.2, 0.25) is 0 Å². The molecular weight excluding hydrogens is 338 g/mol. The quantitative estimate of drug-likeness (QED) is 0.772. The third-order valence-electron chi connectivity index (χ3n) is 2.72. The van der Waals surface area contributed by atoms with Gasteiger partial charge in [-0.3, -0.25) is 0 Å². The SMILES string of the molecule is CCNC(CSc1cccc(Br)c1)Cc1nnn(C)n1. The Balaban J connectivity index is 1.91. The van der Waals surface area contributed by atoms with Gasteiger partial charge in [0.05, 0.1) is 7.05 Å². The van der Waals surface area contributed by atoms with E-state index in [0.29, 0.717) is 6.04 Å². The molecule has 7 heteroatoms. The van der Waals surface area contributed by atoms with Gasteiger partial charge in [-0.05, 0) is 30.0 Å². The van der Waals surface area contributed by atoms with Gasteiger partial charge >= 0.3 is 0 Å². The first-order valence-electron chi connectivity index (χ1n) is 6.52. The average Bonchev–Trinajstić information content (AvgIpc) is 2.82. The van der Waals surface area contributed by atoms with Crippen LogP contribution in [0.25, 0.3) is 0 Å². The molecule has 2 aromatic rings. The lowest BCUT2D eigenvalue weighted by molar-refractivity contribution is 0.556. The smallest absolute Gasteiger partial charge is 0.176 e. The zero-order chi connectivity index (χ0) is 14.4. The molecule has 1 unspecified atom stereocenters. The number of nitrogens with zero attached hydrogens (tertiary/aromatic N) is 4. The number of halogens is 1. The van der Waals surface area contributed by atoms with Crippen LogP contribution in [0.15, 0.2) is 33.6 Å². The highest BCUT2D eigenvalue weighted by atomic mass is 79.9. The summed E-state index contributed by atoms with van der Waals surface area (Å²) in [6.45, 7) is 3.05. The molecule has 0 aliphatic carbocycles. The van der Waals surface area contributed by atoms with Crippen molar-refractivity contribution in [1.29, 1.82) is 0 Å². The molecule has 0 bridgehead atoms. The Morgan fingerprint density at radius 1 is 1.45 bits per heavy atom. The van der Waals surface area contributed by atoms with E-state index in [0.717, 1.165) is 29.0 Å². The number of benzene rings is 1. The normalized spacial score (nSPS) is 12.6. The first kappa shape index (κ1) is 15.5. The largest absolute Gasteiger partial charge is 0.313 e. The summed E-state index contributed by atoms with van der Waals surface area (Å²) in [6.07, 6.45) is 0.794. The van der Waals surface area contributed by atoms with Crippen LogP contribution in [0.5, 0.6) is 0 Å². The van der Waals surface area contributed by atoms with E-state index in [2.05, 4.69) is 61.8 Å². The van der Waals surface area contributed by atoms with Gasteiger partial charge in [0.25, 0.3) is 0 Å². The Morgan fingerprint density at radius 2 is 2.30 bits per heavy atom. The van der Waals surface area contributed by atoms with E-state index >= 15 is 0 Å². The van der Waals surface area contributed by atoms with Crippen molar-refractivity contribution in [1.82, 2.24) is 25.5 Å². The molecule has 0 aliphatic heterocycles. The van der Waals surface area contributed by atoms with Gasteiger partial charge in [-0.1, -0.05) is 28.9 Å². The maximum atomic E-state index is 4.24. The van der Waals surface area contributed by atoms with E-state index in [4.69, 9.17) is 0 Å². The fraction of sp³-hybridized carbons (Fsp3) is 0.462. The van der Waals surface area contributed by atoms with Crippen molar-refractivity contribution in [2.24, 2.45) is 7.05 Å². The predicted octanol–water partition coefficient (Wildman–Crippen LogP) is 2.29. The van der Waals surface area contributed by atoms with E-state index < -0.39 is 0 Å². The van der Waals surface area contributed by atoms with Gasteiger partial charge in [0, 0.05) is 27.6 Å². The van der Waals surface area contributed by atoms with Crippen LogP contribution in [-0.4, -0.2) is 38.5 Å². The van der Waals surface area contributed by atoms with Crippen LogP contribution in [-0.2, 0) is 13.5 Å². The summed E-state index contributed by atoms with van der Waals surface area (Å²) >= 11 is 5.33. The lowest BCUT2D eigenvalue weighted by Crippen LogP contribution is -2.33. The minimum Gasteiger partial charge on any atom is -0.313 e. The first-order valence-corrected chi connectivity index (χ1v) is 8.30. The third-order valence-corrected chi connectivity index (χ3v) is 4.37. The number of nitrogens with one attached hydrogen (secondary N) is 1. The molecule has 5 nitrogen and oxygen atoms in total. The highest BCUT2D eigenvalue weighted by Gasteiger charge is 2.12. The van der Waals surface area contributed by atoms with E-state index in [1.54, 1.807) is 7.05 Å². The fourth-order valence-corrected chi connectivity index (χ4v) is 3.42. The monoisotopic (exact) mass is 355 g/mol. The number of aromatic nitrogens is 4. The molecule has 0 fully saturated rings. The van der Waals surface area contributed by atoms with Gasteiger partial charge in [-0.25, -0.2) is 0 Å². The third kappa shape index (κ3) is 4.88. The van der Waals surface area contributed by atoms with Crippen LogP contribution < -0.4 is 5.32 Å².